The summed E-state index contributed by atoms with van der Waals surface area (Å²) in [6.07, 6.45) is 0. The van der Waals surface area contributed by atoms with Gasteiger partial charge in [-0.1, -0.05) is 35.9 Å². The van der Waals surface area contributed by atoms with Crippen LogP contribution >= 0.6 is 50.2 Å². The predicted molar refractivity (Wildman–Crippen MR) is 85.8 cm³/mol. The highest BCUT2D eigenvalue weighted by Gasteiger charge is 2.04. The molecule has 0 bridgehead atoms. The normalized spacial score (nSPS) is 10.8. The Balaban J connectivity index is 1.94. The molecule has 3 aromatic rings. The lowest BCUT2D eigenvalue weighted by Gasteiger charge is -2.00. The minimum atomic E-state index is 0.830. The van der Waals surface area contributed by atoms with Gasteiger partial charge in [-0.15, -0.1) is 22.7 Å². The first-order valence-corrected chi connectivity index (χ1v) is 8.14. The van der Waals surface area contributed by atoms with E-state index in [1.807, 2.05) is 6.07 Å². The van der Waals surface area contributed by atoms with Crippen LogP contribution in [-0.2, 0) is 0 Å². The molecule has 0 saturated heterocycles. The fraction of sp³-hybridized carbons (Fsp3) is 0. The van der Waals surface area contributed by atoms with Crippen LogP contribution in [0.25, 0.3) is 20.9 Å². The highest BCUT2D eigenvalue weighted by molar-refractivity contribution is 9.11. The summed E-state index contributed by atoms with van der Waals surface area (Å²) in [6, 6.07) is 16.8. The van der Waals surface area contributed by atoms with Crippen molar-refractivity contribution in [3.8, 4) is 20.9 Å². The summed E-state index contributed by atoms with van der Waals surface area (Å²) in [5.41, 5.74) is 2.46. The topological polar surface area (TPSA) is 0 Å². The predicted octanol–water partition coefficient (Wildman–Crippen LogP) is 6.56. The highest BCUT2D eigenvalue weighted by atomic mass is 79.9. The van der Waals surface area contributed by atoms with Gasteiger partial charge in [0, 0.05) is 9.75 Å². The molecule has 0 atom stereocenters. The van der Waals surface area contributed by atoms with Crippen molar-refractivity contribution in [1.29, 1.82) is 0 Å². The fourth-order valence-electron chi connectivity index (χ4n) is 1.74. The maximum atomic E-state index is 5.96. The molecular formula is C14H8BrClS2. The second kappa shape index (κ2) is 5.17. The average Bonchev–Trinajstić information content (AvgIpc) is 2.98. The third-order valence-corrected chi connectivity index (χ3v) is 5.55. The summed E-state index contributed by atoms with van der Waals surface area (Å²) in [6.45, 7) is 0. The fourth-order valence-corrected chi connectivity index (χ4v) is 4.18. The van der Waals surface area contributed by atoms with Gasteiger partial charge in [-0.25, -0.2) is 0 Å². The zero-order chi connectivity index (χ0) is 12.5. The Kier molecular flexibility index (Phi) is 3.57. The van der Waals surface area contributed by atoms with Crippen LogP contribution in [0.3, 0.4) is 0 Å². The molecule has 0 aliphatic carbocycles. The third-order valence-electron chi connectivity index (χ3n) is 2.60. The Labute approximate surface area is 127 Å². The van der Waals surface area contributed by atoms with Crippen molar-refractivity contribution in [2.75, 3.05) is 0 Å². The van der Waals surface area contributed by atoms with Crippen LogP contribution in [0.5, 0.6) is 0 Å². The molecule has 0 aliphatic rings. The number of hydrogen-bond donors (Lipinski definition) is 0. The molecule has 0 amide bonds. The lowest BCUT2D eigenvalue weighted by atomic mass is 10.1. The second-order valence-electron chi connectivity index (χ2n) is 3.78. The van der Waals surface area contributed by atoms with Crippen LogP contribution in [0.2, 0.25) is 4.34 Å². The van der Waals surface area contributed by atoms with E-state index in [4.69, 9.17) is 11.6 Å². The number of benzene rings is 1. The van der Waals surface area contributed by atoms with Gasteiger partial charge < -0.3 is 0 Å². The number of thiophene rings is 2. The average molecular weight is 356 g/mol. The molecule has 90 valence electrons. The molecule has 4 heteroatoms. The molecule has 0 nitrogen and oxygen atoms in total. The van der Waals surface area contributed by atoms with Crippen LogP contribution in [0.1, 0.15) is 0 Å². The van der Waals surface area contributed by atoms with E-state index in [0.717, 1.165) is 8.12 Å². The Bertz CT molecular complexity index is 608. The monoisotopic (exact) mass is 354 g/mol. The van der Waals surface area contributed by atoms with Crippen molar-refractivity contribution < 1.29 is 0 Å². The van der Waals surface area contributed by atoms with E-state index in [1.165, 1.54) is 20.9 Å². The number of halogens is 2. The molecule has 3 rings (SSSR count). The van der Waals surface area contributed by atoms with E-state index in [-0.39, 0.29) is 0 Å². The number of rotatable bonds is 2. The number of hydrogen-bond acceptors (Lipinski definition) is 2. The smallest absolute Gasteiger partial charge is 0.0934 e. The quantitative estimate of drug-likeness (QED) is 0.488. The molecular weight excluding hydrogens is 348 g/mol. The molecule has 2 aromatic heterocycles. The highest BCUT2D eigenvalue weighted by Crippen LogP contribution is 2.34. The SMILES string of the molecule is Clc1ccc(-c2ccc(-c3ccc(Br)s3)cc2)s1. The molecule has 2 heterocycles. The van der Waals surface area contributed by atoms with Crippen LogP contribution in [0, 0.1) is 0 Å². The molecule has 0 unspecified atom stereocenters. The largest absolute Gasteiger partial charge is 0.128 e. The van der Waals surface area contributed by atoms with Crippen molar-refractivity contribution >= 4 is 50.2 Å². The van der Waals surface area contributed by atoms with Gasteiger partial charge >= 0.3 is 0 Å². The van der Waals surface area contributed by atoms with Crippen molar-refractivity contribution in [2.45, 2.75) is 0 Å². The Morgan fingerprint density at radius 2 is 1.28 bits per heavy atom. The minimum absolute atomic E-state index is 0.830. The van der Waals surface area contributed by atoms with Gasteiger partial charge in [0.1, 0.15) is 0 Å². The molecule has 0 spiro atoms. The van der Waals surface area contributed by atoms with E-state index < -0.39 is 0 Å². The Morgan fingerprint density at radius 1 is 0.722 bits per heavy atom. The van der Waals surface area contributed by atoms with Crippen molar-refractivity contribution in [2.24, 2.45) is 0 Å². The first-order valence-electron chi connectivity index (χ1n) is 5.34. The summed E-state index contributed by atoms with van der Waals surface area (Å²) < 4.78 is 1.99. The van der Waals surface area contributed by atoms with Crippen molar-refractivity contribution in [3.05, 3.63) is 56.7 Å². The Morgan fingerprint density at radius 3 is 1.72 bits per heavy atom. The molecule has 0 aliphatic heterocycles. The Hall–Kier alpha value is -0.610. The standard InChI is InChI=1S/C14H8BrClS2/c15-13-7-5-11(17-13)9-1-3-10(4-2-9)12-6-8-14(16)18-12/h1-8H. The van der Waals surface area contributed by atoms with Crippen LogP contribution < -0.4 is 0 Å². The maximum Gasteiger partial charge on any atom is 0.0934 e. The van der Waals surface area contributed by atoms with E-state index in [1.54, 1.807) is 22.7 Å². The van der Waals surface area contributed by atoms with Crippen LogP contribution in [-0.4, -0.2) is 0 Å². The van der Waals surface area contributed by atoms with E-state index in [9.17, 15) is 0 Å². The third kappa shape index (κ3) is 2.54. The maximum absolute atomic E-state index is 5.96. The first kappa shape index (κ1) is 12.4. The summed E-state index contributed by atoms with van der Waals surface area (Å²) in [5, 5.41) is 0. The molecule has 0 radical (unpaired) electrons. The van der Waals surface area contributed by atoms with Gasteiger partial charge in [-0.05, 0) is 51.3 Å². The molecule has 1 aromatic carbocycles. The zero-order valence-corrected chi connectivity index (χ0v) is 13.2. The summed E-state index contributed by atoms with van der Waals surface area (Å²) in [5.74, 6) is 0. The van der Waals surface area contributed by atoms with Crippen LogP contribution in [0.15, 0.2) is 52.3 Å². The lowest BCUT2D eigenvalue weighted by molar-refractivity contribution is 1.69. The van der Waals surface area contributed by atoms with Gasteiger partial charge in [0.25, 0.3) is 0 Å². The van der Waals surface area contributed by atoms with Gasteiger partial charge in [-0.3, -0.25) is 0 Å². The summed E-state index contributed by atoms with van der Waals surface area (Å²) >= 11 is 12.8. The molecule has 18 heavy (non-hydrogen) atoms. The second-order valence-corrected chi connectivity index (χ2v) is 7.96. The molecule has 0 fully saturated rings. The van der Waals surface area contributed by atoms with E-state index in [2.05, 4.69) is 58.4 Å². The van der Waals surface area contributed by atoms with Crippen molar-refractivity contribution in [3.63, 3.8) is 0 Å². The van der Waals surface area contributed by atoms with E-state index in [0.29, 0.717) is 0 Å². The zero-order valence-electron chi connectivity index (χ0n) is 9.19. The summed E-state index contributed by atoms with van der Waals surface area (Å²) in [7, 11) is 0. The van der Waals surface area contributed by atoms with Gasteiger partial charge in [0.05, 0.1) is 8.12 Å². The first-order chi connectivity index (χ1) is 8.72. The van der Waals surface area contributed by atoms with Crippen molar-refractivity contribution in [1.82, 2.24) is 0 Å². The van der Waals surface area contributed by atoms with Gasteiger partial charge in [0.15, 0.2) is 0 Å². The molecule has 0 N–H and O–H groups in total. The lowest BCUT2D eigenvalue weighted by Crippen LogP contribution is -1.74. The molecule has 0 saturated carbocycles. The van der Waals surface area contributed by atoms with Crippen LogP contribution in [0.4, 0.5) is 0 Å². The van der Waals surface area contributed by atoms with Gasteiger partial charge in [-0.2, -0.15) is 0 Å². The summed E-state index contributed by atoms with van der Waals surface area (Å²) in [4.78, 5) is 2.48. The minimum Gasteiger partial charge on any atom is -0.128 e. The van der Waals surface area contributed by atoms with E-state index >= 15 is 0 Å². The van der Waals surface area contributed by atoms with Gasteiger partial charge in [0.2, 0.25) is 0 Å².